The molecule has 8 nitrogen and oxygen atoms in total. The number of amides is 1. The van der Waals surface area contributed by atoms with Crippen LogP contribution in [0.4, 0.5) is 15.8 Å². The molecule has 0 aliphatic carbocycles. The van der Waals surface area contributed by atoms with E-state index in [0.29, 0.717) is 5.56 Å². The molecule has 27 heavy (non-hydrogen) atoms. The lowest BCUT2D eigenvalue weighted by Crippen LogP contribution is -2.29. The lowest BCUT2D eigenvalue weighted by molar-refractivity contribution is -0.384. The summed E-state index contributed by atoms with van der Waals surface area (Å²) in [4.78, 5) is 33.7. The summed E-state index contributed by atoms with van der Waals surface area (Å²) >= 11 is 0. The lowest BCUT2D eigenvalue weighted by Gasteiger charge is -2.08. The minimum atomic E-state index is -0.637. The van der Waals surface area contributed by atoms with E-state index in [1.165, 1.54) is 30.3 Å². The van der Waals surface area contributed by atoms with Crippen molar-refractivity contribution in [1.82, 2.24) is 5.32 Å². The number of nitrogens with zero attached hydrogens (tertiary/aromatic N) is 1. The largest absolute Gasteiger partial charge is 0.456 e. The summed E-state index contributed by atoms with van der Waals surface area (Å²) in [5.74, 6) is -1.63. The second-order valence-electron chi connectivity index (χ2n) is 5.48. The van der Waals surface area contributed by atoms with E-state index in [4.69, 9.17) is 4.74 Å². The molecule has 0 radical (unpaired) electrons. The second kappa shape index (κ2) is 9.85. The molecule has 0 aliphatic rings. The maximum Gasteiger partial charge on any atom is 0.308 e. The number of nitro benzene ring substituents is 1. The normalized spacial score (nSPS) is 10.1. The van der Waals surface area contributed by atoms with Crippen LogP contribution in [0.5, 0.6) is 0 Å². The van der Waals surface area contributed by atoms with Crippen molar-refractivity contribution in [2.24, 2.45) is 0 Å². The van der Waals surface area contributed by atoms with Crippen LogP contribution in [-0.2, 0) is 20.9 Å². The van der Waals surface area contributed by atoms with Crippen LogP contribution in [0.15, 0.2) is 48.5 Å². The molecule has 0 heterocycles. The minimum Gasteiger partial charge on any atom is -0.456 e. The second-order valence-corrected chi connectivity index (χ2v) is 5.48. The summed E-state index contributed by atoms with van der Waals surface area (Å²) < 4.78 is 18.2. The summed E-state index contributed by atoms with van der Waals surface area (Å²) in [6.45, 7) is -0.387. The highest BCUT2D eigenvalue weighted by Crippen LogP contribution is 2.22. The maximum absolute atomic E-state index is 13.4. The molecule has 0 fully saturated rings. The van der Waals surface area contributed by atoms with Gasteiger partial charge in [0.2, 0.25) is 0 Å². The van der Waals surface area contributed by atoms with Gasteiger partial charge < -0.3 is 15.4 Å². The Morgan fingerprint density at radius 1 is 1.11 bits per heavy atom. The van der Waals surface area contributed by atoms with Gasteiger partial charge in [0, 0.05) is 24.7 Å². The van der Waals surface area contributed by atoms with E-state index in [2.05, 4.69) is 10.6 Å². The third-order valence-electron chi connectivity index (χ3n) is 3.54. The first kappa shape index (κ1) is 19.8. The van der Waals surface area contributed by atoms with Gasteiger partial charge in [0.25, 0.3) is 11.6 Å². The minimum absolute atomic E-state index is 0.0116. The highest BCUT2D eigenvalue weighted by molar-refractivity contribution is 5.80. The maximum atomic E-state index is 13.4. The first-order valence-corrected chi connectivity index (χ1v) is 8.10. The first-order chi connectivity index (χ1) is 13.0. The van der Waals surface area contributed by atoms with Gasteiger partial charge in [-0.25, -0.2) is 4.39 Å². The van der Waals surface area contributed by atoms with E-state index in [1.54, 1.807) is 18.2 Å². The number of halogens is 1. The molecule has 142 valence electrons. The van der Waals surface area contributed by atoms with Crippen molar-refractivity contribution in [3.05, 3.63) is 70.0 Å². The fraction of sp³-hybridized carbons (Fsp3) is 0.222. The zero-order valence-corrected chi connectivity index (χ0v) is 14.3. The van der Waals surface area contributed by atoms with Crippen molar-refractivity contribution in [2.45, 2.75) is 13.0 Å². The molecule has 0 saturated heterocycles. The SMILES string of the molecule is O=C(COC(=O)CCNc1ccccc1[N+](=O)[O-])NCc1ccccc1F. The fourth-order valence-corrected chi connectivity index (χ4v) is 2.19. The van der Waals surface area contributed by atoms with Gasteiger partial charge in [0.05, 0.1) is 11.3 Å². The third-order valence-corrected chi connectivity index (χ3v) is 3.54. The first-order valence-electron chi connectivity index (χ1n) is 8.10. The average Bonchev–Trinajstić information content (AvgIpc) is 2.66. The number of carbonyl (C=O) groups is 2. The molecular weight excluding hydrogens is 357 g/mol. The van der Waals surface area contributed by atoms with Gasteiger partial charge in [-0.1, -0.05) is 30.3 Å². The van der Waals surface area contributed by atoms with E-state index in [-0.39, 0.29) is 30.9 Å². The van der Waals surface area contributed by atoms with E-state index < -0.39 is 29.2 Å². The molecule has 0 spiro atoms. The molecule has 2 N–H and O–H groups in total. The zero-order valence-electron chi connectivity index (χ0n) is 14.3. The molecule has 2 aromatic carbocycles. The topological polar surface area (TPSA) is 111 Å². The van der Waals surface area contributed by atoms with E-state index in [0.717, 1.165) is 0 Å². The number of benzene rings is 2. The number of ether oxygens (including phenoxy) is 1. The number of hydrogen-bond donors (Lipinski definition) is 2. The number of nitro groups is 1. The highest BCUT2D eigenvalue weighted by Gasteiger charge is 2.13. The van der Waals surface area contributed by atoms with Gasteiger partial charge in [0.1, 0.15) is 11.5 Å². The van der Waals surface area contributed by atoms with Crippen molar-refractivity contribution in [3.8, 4) is 0 Å². The number of hydrogen-bond acceptors (Lipinski definition) is 6. The molecule has 9 heteroatoms. The molecule has 0 aromatic heterocycles. The Morgan fingerprint density at radius 3 is 2.56 bits per heavy atom. The summed E-state index contributed by atoms with van der Waals surface area (Å²) in [6, 6.07) is 12.1. The highest BCUT2D eigenvalue weighted by atomic mass is 19.1. The standard InChI is InChI=1S/C18H18FN3O5/c19-14-6-2-1-5-13(14)11-21-17(23)12-27-18(24)9-10-20-15-7-3-4-8-16(15)22(25)26/h1-8,20H,9-12H2,(H,21,23). The lowest BCUT2D eigenvalue weighted by atomic mass is 10.2. The average molecular weight is 375 g/mol. The Hall–Kier alpha value is -3.49. The van der Waals surface area contributed by atoms with Crippen LogP contribution in [-0.4, -0.2) is 30.0 Å². The monoisotopic (exact) mass is 375 g/mol. The fourth-order valence-electron chi connectivity index (χ4n) is 2.19. The molecule has 0 bridgehead atoms. The van der Waals surface area contributed by atoms with E-state index in [1.807, 2.05) is 0 Å². The van der Waals surface area contributed by atoms with Gasteiger partial charge in [-0.3, -0.25) is 19.7 Å². The molecule has 2 rings (SSSR count). The Balaban J connectivity index is 1.68. The summed E-state index contributed by atoms with van der Waals surface area (Å²) in [5, 5.41) is 16.1. The van der Waals surface area contributed by atoms with Crippen LogP contribution in [0.1, 0.15) is 12.0 Å². The van der Waals surface area contributed by atoms with Crippen LogP contribution in [0, 0.1) is 15.9 Å². The number of anilines is 1. The van der Waals surface area contributed by atoms with E-state index in [9.17, 15) is 24.1 Å². The summed E-state index contributed by atoms with van der Waals surface area (Å²) in [5.41, 5.74) is 0.516. The van der Waals surface area contributed by atoms with Crippen molar-refractivity contribution < 1.29 is 23.6 Å². The quantitative estimate of drug-likeness (QED) is 0.396. The third kappa shape index (κ3) is 6.38. The molecular formula is C18H18FN3O5. The van der Waals surface area contributed by atoms with Crippen LogP contribution in [0.2, 0.25) is 0 Å². The molecule has 0 atom stereocenters. The summed E-state index contributed by atoms with van der Waals surface area (Å²) in [6.07, 6.45) is -0.0767. The molecule has 0 unspecified atom stereocenters. The zero-order chi connectivity index (χ0) is 19.6. The Bertz CT molecular complexity index is 828. The van der Waals surface area contributed by atoms with Crippen molar-refractivity contribution in [2.75, 3.05) is 18.5 Å². The van der Waals surface area contributed by atoms with Gasteiger partial charge in [-0.05, 0) is 12.1 Å². The smallest absolute Gasteiger partial charge is 0.308 e. The van der Waals surface area contributed by atoms with Crippen molar-refractivity contribution >= 4 is 23.3 Å². The predicted octanol–water partition coefficient (Wildman–Crippen LogP) is 2.40. The van der Waals surface area contributed by atoms with Crippen molar-refractivity contribution in [1.29, 1.82) is 0 Å². The Kier molecular flexibility index (Phi) is 7.24. The Labute approximate surface area is 154 Å². The number of rotatable bonds is 9. The molecule has 1 amide bonds. The van der Waals surface area contributed by atoms with Crippen LogP contribution in [0.3, 0.4) is 0 Å². The van der Waals surface area contributed by atoms with Crippen LogP contribution < -0.4 is 10.6 Å². The van der Waals surface area contributed by atoms with Gasteiger partial charge in [0.15, 0.2) is 6.61 Å². The Morgan fingerprint density at radius 2 is 1.81 bits per heavy atom. The molecule has 0 aliphatic heterocycles. The van der Waals surface area contributed by atoms with Gasteiger partial charge in [-0.15, -0.1) is 0 Å². The predicted molar refractivity (Wildman–Crippen MR) is 95.4 cm³/mol. The molecule has 0 saturated carbocycles. The number of nitrogens with one attached hydrogen (secondary N) is 2. The molecule has 2 aromatic rings. The van der Waals surface area contributed by atoms with Crippen LogP contribution >= 0.6 is 0 Å². The van der Waals surface area contributed by atoms with E-state index >= 15 is 0 Å². The van der Waals surface area contributed by atoms with Gasteiger partial charge >= 0.3 is 5.97 Å². The van der Waals surface area contributed by atoms with Crippen LogP contribution in [0.25, 0.3) is 0 Å². The van der Waals surface area contributed by atoms with Crippen molar-refractivity contribution in [3.63, 3.8) is 0 Å². The number of esters is 1. The summed E-state index contributed by atoms with van der Waals surface area (Å²) in [7, 11) is 0. The number of para-hydroxylation sites is 2. The number of carbonyl (C=O) groups excluding carboxylic acids is 2. The van der Waals surface area contributed by atoms with Gasteiger partial charge in [-0.2, -0.15) is 0 Å².